The first-order valence-electron chi connectivity index (χ1n) is 6.75. The van der Waals surface area contributed by atoms with E-state index < -0.39 is 0 Å². The van der Waals surface area contributed by atoms with Crippen LogP contribution in [-0.2, 0) is 6.42 Å². The SMILES string of the molecule is CCC1CCC(NCCc2ccc(F)cc2)C1. The molecule has 1 aliphatic rings. The van der Waals surface area contributed by atoms with Crippen molar-refractivity contribution < 1.29 is 4.39 Å². The van der Waals surface area contributed by atoms with E-state index in [4.69, 9.17) is 0 Å². The molecule has 0 radical (unpaired) electrons. The van der Waals surface area contributed by atoms with Gasteiger partial charge in [0.1, 0.15) is 5.82 Å². The van der Waals surface area contributed by atoms with Gasteiger partial charge in [-0.25, -0.2) is 4.39 Å². The molecule has 0 bridgehead atoms. The average Bonchev–Trinajstić information content (AvgIpc) is 2.80. The summed E-state index contributed by atoms with van der Waals surface area (Å²) in [5, 5.41) is 3.62. The van der Waals surface area contributed by atoms with Crippen molar-refractivity contribution >= 4 is 0 Å². The van der Waals surface area contributed by atoms with Crippen molar-refractivity contribution in [1.82, 2.24) is 5.32 Å². The van der Waals surface area contributed by atoms with Gasteiger partial charge in [0, 0.05) is 6.04 Å². The summed E-state index contributed by atoms with van der Waals surface area (Å²) in [7, 11) is 0. The van der Waals surface area contributed by atoms with Gasteiger partial charge in [0.2, 0.25) is 0 Å². The van der Waals surface area contributed by atoms with E-state index in [1.165, 1.54) is 43.4 Å². The van der Waals surface area contributed by atoms with E-state index in [1.807, 2.05) is 12.1 Å². The zero-order valence-corrected chi connectivity index (χ0v) is 10.6. The Hall–Kier alpha value is -0.890. The summed E-state index contributed by atoms with van der Waals surface area (Å²) >= 11 is 0. The van der Waals surface area contributed by atoms with Crippen LogP contribution in [0.15, 0.2) is 24.3 Å². The van der Waals surface area contributed by atoms with Crippen LogP contribution < -0.4 is 5.32 Å². The van der Waals surface area contributed by atoms with Crippen LogP contribution in [0.25, 0.3) is 0 Å². The van der Waals surface area contributed by atoms with Gasteiger partial charge in [0.25, 0.3) is 0 Å². The van der Waals surface area contributed by atoms with Crippen LogP contribution in [0.2, 0.25) is 0 Å². The van der Waals surface area contributed by atoms with Gasteiger partial charge < -0.3 is 5.32 Å². The fourth-order valence-corrected chi connectivity index (χ4v) is 2.70. The van der Waals surface area contributed by atoms with Crippen molar-refractivity contribution in [2.45, 2.75) is 45.1 Å². The fourth-order valence-electron chi connectivity index (χ4n) is 2.70. The largest absolute Gasteiger partial charge is 0.314 e. The average molecular weight is 235 g/mol. The Morgan fingerprint density at radius 3 is 2.65 bits per heavy atom. The van der Waals surface area contributed by atoms with E-state index in [2.05, 4.69) is 12.2 Å². The highest BCUT2D eigenvalue weighted by Crippen LogP contribution is 2.27. The molecule has 0 heterocycles. The zero-order chi connectivity index (χ0) is 12.1. The first-order chi connectivity index (χ1) is 8.28. The first kappa shape index (κ1) is 12.6. The van der Waals surface area contributed by atoms with Gasteiger partial charge in [0.05, 0.1) is 0 Å². The van der Waals surface area contributed by atoms with Gasteiger partial charge in [-0.15, -0.1) is 0 Å². The highest BCUT2D eigenvalue weighted by Gasteiger charge is 2.22. The van der Waals surface area contributed by atoms with Crippen molar-refractivity contribution in [3.05, 3.63) is 35.6 Å². The molecular formula is C15H22FN. The van der Waals surface area contributed by atoms with Crippen LogP contribution in [0.5, 0.6) is 0 Å². The van der Waals surface area contributed by atoms with Crippen LogP contribution in [0, 0.1) is 11.7 Å². The lowest BCUT2D eigenvalue weighted by atomic mass is 10.1. The van der Waals surface area contributed by atoms with Gasteiger partial charge in [-0.1, -0.05) is 25.5 Å². The monoisotopic (exact) mass is 235 g/mol. The van der Waals surface area contributed by atoms with Gasteiger partial charge >= 0.3 is 0 Å². The van der Waals surface area contributed by atoms with Crippen LogP contribution >= 0.6 is 0 Å². The third kappa shape index (κ3) is 3.81. The highest BCUT2D eigenvalue weighted by atomic mass is 19.1. The molecule has 1 aromatic carbocycles. The summed E-state index contributed by atoms with van der Waals surface area (Å²) in [6.07, 6.45) is 6.34. The van der Waals surface area contributed by atoms with E-state index in [1.54, 1.807) is 0 Å². The number of nitrogens with one attached hydrogen (secondary N) is 1. The Kier molecular flexibility index (Phi) is 4.55. The summed E-state index contributed by atoms with van der Waals surface area (Å²) in [5.74, 6) is 0.779. The van der Waals surface area contributed by atoms with Crippen molar-refractivity contribution in [3.8, 4) is 0 Å². The van der Waals surface area contributed by atoms with E-state index in [0.717, 1.165) is 18.9 Å². The summed E-state index contributed by atoms with van der Waals surface area (Å²) < 4.78 is 12.7. The smallest absolute Gasteiger partial charge is 0.123 e. The Morgan fingerprint density at radius 2 is 2.00 bits per heavy atom. The third-order valence-corrected chi connectivity index (χ3v) is 3.88. The van der Waals surface area contributed by atoms with Gasteiger partial charge in [0.15, 0.2) is 0 Å². The molecule has 1 saturated carbocycles. The van der Waals surface area contributed by atoms with Crippen LogP contribution in [0.4, 0.5) is 4.39 Å². The predicted molar refractivity (Wildman–Crippen MR) is 69.5 cm³/mol. The van der Waals surface area contributed by atoms with Crippen LogP contribution in [0.1, 0.15) is 38.2 Å². The quantitative estimate of drug-likeness (QED) is 0.823. The van der Waals surface area contributed by atoms with Crippen molar-refractivity contribution in [1.29, 1.82) is 0 Å². The maximum Gasteiger partial charge on any atom is 0.123 e. The topological polar surface area (TPSA) is 12.0 Å². The Bertz CT molecular complexity index is 333. The van der Waals surface area contributed by atoms with Crippen molar-refractivity contribution in [2.75, 3.05) is 6.54 Å². The molecular weight excluding hydrogens is 213 g/mol. The Morgan fingerprint density at radius 1 is 1.24 bits per heavy atom. The molecule has 0 aliphatic heterocycles. The Balaban J connectivity index is 1.68. The number of halogens is 1. The van der Waals surface area contributed by atoms with E-state index in [0.29, 0.717) is 6.04 Å². The number of hydrogen-bond acceptors (Lipinski definition) is 1. The summed E-state index contributed by atoms with van der Waals surface area (Å²) in [6, 6.07) is 7.54. The summed E-state index contributed by atoms with van der Waals surface area (Å²) in [4.78, 5) is 0. The minimum absolute atomic E-state index is 0.150. The molecule has 0 spiro atoms. The maximum absolute atomic E-state index is 12.7. The molecule has 0 amide bonds. The minimum atomic E-state index is -0.150. The first-order valence-corrected chi connectivity index (χ1v) is 6.75. The molecule has 17 heavy (non-hydrogen) atoms. The molecule has 2 rings (SSSR count). The number of rotatable bonds is 5. The molecule has 1 aromatic rings. The van der Waals surface area contributed by atoms with Crippen LogP contribution in [0.3, 0.4) is 0 Å². The van der Waals surface area contributed by atoms with Crippen molar-refractivity contribution in [2.24, 2.45) is 5.92 Å². The van der Waals surface area contributed by atoms with Crippen LogP contribution in [-0.4, -0.2) is 12.6 Å². The molecule has 2 atom stereocenters. The second-order valence-electron chi connectivity index (χ2n) is 5.11. The lowest BCUT2D eigenvalue weighted by Gasteiger charge is -2.12. The molecule has 0 aromatic heterocycles. The normalized spacial score (nSPS) is 24.1. The van der Waals surface area contributed by atoms with Gasteiger partial charge in [-0.3, -0.25) is 0 Å². The van der Waals surface area contributed by atoms with E-state index in [9.17, 15) is 4.39 Å². The zero-order valence-electron chi connectivity index (χ0n) is 10.6. The predicted octanol–water partition coefficient (Wildman–Crippen LogP) is 3.54. The molecule has 1 fully saturated rings. The van der Waals surface area contributed by atoms with E-state index in [-0.39, 0.29) is 5.82 Å². The standard InChI is InChI=1S/C15H22FN/c1-2-12-5-8-15(11-12)17-10-9-13-3-6-14(16)7-4-13/h3-4,6-7,12,15,17H,2,5,8-11H2,1H3. The molecule has 1 N–H and O–H groups in total. The Labute approximate surface area is 103 Å². The molecule has 1 aliphatic carbocycles. The van der Waals surface area contributed by atoms with Gasteiger partial charge in [-0.2, -0.15) is 0 Å². The van der Waals surface area contributed by atoms with Gasteiger partial charge in [-0.05, 0) is 55.8 Å². The highest BCUT2D eigenvalue weighted by molar-refractivity contribution is 5.16. The summed E-state index contributed by atoms with van der Waals surface area (Å²) in [6.45, 7) is 3.29. The second-order valence-corrected chi connectivity index (χ2v) is 5.11. The lowest BCUT2D eigenvalue weighted by molar-refractivity contribution is 0.479. The maximum atomic E-state index is 12.7. The molecule has 1 nitrogen and oxygen atoms in total. The fraction of sp³-hybridized carbons (Fsp3) is 0.600. The summed E-state index contributed by atoms with van der Waals surface area (Å²) in [5.41, 5.74) is 1.21. The molecule has 2 heteroatoms. The van der Waals surface area contributed by atoms with E-state index >= 15 is 0 Å². The molecule has 0 saturated heterocycles. The number of hydrogen-bond donors (Lipinski definition) is 1. The minimum Gasteiger partial charge on any atom is -0.314 e. The molecule has 94 valence electrons. The lowest BCUT2D eigenvalue weighted by Crippen LogP contribution is -2.28. The number of benzene rings is 1. The third-order valence-electron chi connectivity index (χ3n) is 3.88. The van der Waals surface area contributed by atoms with Crippen molar-refractivity contribution in [3.63, 3.8) is 0 Å². The second kappa shape index (κ2) is 6.15. The molecule has 2 unspecified atom stereocenters.